The van der Waals surface area contributed by atoms with Gasteiger partial charge in [0.1, 0.15) is 5.82 Å². The Morgan fingerprint density at radius 1 is 1.05 bits per heavy atom. The lowest BCUT2D eigenvalue weighted by Gasteiger charge is -2.03. The zero-order chi connectivity index (χ0) is 14.7. The van der Waals surface area contributed by atoms with Gasteiger partial charge in [0.15, 0.2) is 5.13 Å². The number of rotatable bonds is 4. The molecule has 0 aliphatic carbocycles. The fourth-order valence-corrected chi connectivity index (χ4v) is 3.01. The molecule has 0 saturated heterocycles. The lowest BCUT2D eigenvalue weighted by Crippen LogP contribution is -1.93. The molecule has 3 rings (SSSR count). The van der Waals surface area contributed by atoms with Crippen molar-refractivity contribution in [2.24, 2.45) is 0 Å². The topological polar surface area (TPSA) is 37.8 Å². The molecule has 0 fully saturated rings. The maximum Gasteiger partial charge on any atom is 0.188 e. The van der Waals surface area contributed by atoms with Crippen LogP contribution in [0.5, 0.6) is 0 Å². The molecular formula is C17H17N3S. The zero-order valence-electron chi connectivity index (χ0n) is 12.1. The van der Waals surface area contributed by atoms with E-state index in [4.69, 9.17) is 0 Å². The zero-order valence-corrected chi connectivity index (χ0v) is 12.9. The average molecular weight is 295 g/mol. The second kappa shape index (κ2) is 6.06. The Labute approximate surface area is 128 Å². The first-order chi connectivity index (χ1) is 10.2. The molecule has 21 heavy (non-hydrogen) atoms. The van der Waals surface area contributed by atoms with Crippen molar-refractivity contribution in [3.8, 4) is 0 Å². The van der Waals surface area contributed by atoms with Crippen molar-refractivity contribution in [3.63, 3.8) is 0 Å². The number of hydrogen-bond donors (Lipinski definition) is 1. The number of thiazole rings is 1. The fourth-order valence-electron chi connectivity index (χ4n) is 2.17. The fraction of sp³-hybridized carbons (Fsp3) is 0.176. The highest BCUT2D eigenvalue weighted by molar-refractivity contribution is 7.15. The van der Waals surface area contributed by atoms with E-state index in [9.17, 15) is 0 Å². The van der Waals surface area contributed by atoms with Crippen LogP contribution < -0.4 is 5.32 Å². The Morgan fingerprint density at radius 3 is 2.71 bits per heavy atom. The lowest BCUT2D eigenvalue weighted by atomic mass is 10.1. The van der Waals surface area contributed by atoms with Crippen molar-refractivity contribution in [2.75, 3.05) is 5.32 Å². The Bertz CT molecular complexity index is 749. The number of pyridine rings is 1. The molecule has 0 bridgehead atoms. The Balaban J connectivity index is 1.73. The van der Waals surface area contributed by atoms with Crippen LogP contribution in [0, 0.1) is 13.8 Å². The van der Waals surface area contributed by atoms with E-state index < -0.39 is 0 Å². The van der Waals surface area contributed by atoms with Gasteiger partial charge in [-0.25, -0.2) is 9.97 Å². The minimum atomic E-state index is 0.840. The number of hydrogen-bond acceptors (Lipinski definition) is 4. The SMILES string of the molecule is Cc1cccc(Nc2ncc(Cc3ccccc3C)s2)n1. The standard InChI is InChI=1S/C17H17N3S/c1-12-6-3-4-8-14(12)10-15-11-18-17(21-15)20-16-9-5-7-13(2)19-16/h3-9,11H,10H2,1-2H3,(H,18,19,20). The van der Waals surface area contributed by atoms with E-state index in [0.717, 1.165) is 23.1 Å². The summed E-state index contributed by atoms with van der Waals surface area (Å²) in [5.41, 5.74) is 3.67. The second-order valence-corrected chi connectivity index (χ2v) is 6.14. The molecule has 2 heterocycles. The highest BCUT2D eigenvalue weighted by atomic mass is 32.1. The molecule has 1 aromatic carbocycles. The Morgan fingerprint density at radius 2 is 1.90 bits per heavy atom. The van der Waals surface area contributed by atoms with Gasteiger partial charge in [0, 0.05) is 23.2 Å². The van der Waals surface area contributed by atoms with Crippen molar-refractivity contribution >= 4 is 22.3 Å². The average Bonchev–Trinajstić information content (AvgIpc) is 2.89. The van der Waals surface area contributed by atoms with Gasteiger partial charge in [-0.3, -0.25) is 0 Å². The van der Waals surface area contributed by atoms with E-state index in [2.05, 4.69) is 46.5 Å². The first-order valence-electron chi connectivity index (χ1n) is 6.90. The number of aryl methyl sites for hydroxylation is 2. The van der Waals surface area contributed by atoms with Crippen LogP contribution in [0.1, 0.15) is 21.7 Å². The molecule has 0 spiro atoms. The van der Waals surface area contributed by atoms with Gasteiger partial charge >= 0.3 is 0 Å². The Hall–Kier alpha value is -2.20. The summed E-state index contributed by atoms with van der Waals surface area (Å²) in [7, 11) is 0. The number of anilines is 2. The van der Waals surface area contributed by atoms with E-state index in [1.54, 1.807) is 11.3 Å². The molecule has 0 amide bonds. The molecule has 2 aromatic heterocycles. The minimum Gasteiger partial charge on any atom is -0.316 e. The van der Waals surface area contributed by atoms with Crippen LogP contribution >= 0.6 is 11.3 Å². The van der Waals surface area contributed by atoms with E-state index in [1.807, 2.05) is 31.3 Å². The summed E-state index contributed by atoms with van der Waals surface area (Å²) in [6, 6.07) is 14.4. The van der Waals surface area contributed by atoms with Gasteiger partial charge in [-0.05, 0) is 37.1 Å². The summed E-state index contributed by atoms with van der Waals surface area (Å²) < 4.78 is 0. The third-order valence-corrected chi connectivity index (χ3v) is 4.22. The predicted octanol–water partition coefficient (Wildman–Crippen LogP) is 4.49. The molecule has 0 atom stereocenters. The lowest BCUT2D eigenvalue weighted by molar-refractivity contribution is 1.17. The third-order valence-electron chi connectivity index (χ3n) is 3.30. The van der Waals surface area contributed by atoms with Crippen molar-refractivity contribution < 1.29 is 0 Å². The molecule has 0 saturated carbocycles. The molecule has 3 aromatic rings. The predicted molar refractivity (Wildman–Crippen MR) is 88.4 cm³/mol. The summed E-state index contributed by atoms with van der Waals surface area (Å²) in [5, 5.41) is 4.15. The van der Waals surface area contributed by atoms with Gasteiger partial charge in [-0.15, -0.1) is 11.3 Å². The summed E-state index contributed by atoms with van der Waals surface area (Å²) in [5.74, 6) is 0.840. The van der Waals surface area contributed by atoms with Crippen LogP contribution in [0.15, 0.2) is 48.7 Å². The van der Waals surface area contributed by atoms with Gasteiger partial charge in [0.05, 0.1) is 0 Å². The van der Waals surface area contributed by atoms with Crippen molar-refractivity contribution in [3.05, 3.63) is 70.4 Å². The minimum absolute atomic E-state index is 0.840. The van der Waals surface area contributed by atoms with E-state index in [0.29, 0.717) is 0 Å². The van der Waals surface area contributed by atoms with E-state index in [-0.39, 0.29) is 0 Å². The number of benzene rings is 1. The highest BCUT2D eigenvalue weighted by Crippen LogP contribution is 2.24. The number of nitrogens with zero attached hydrogens (tertiary/aromatic N) is 2. The molecule has 0 aliphatic heterocycles. The molecule has 3 nitrogen and oxygen atoms in total. The highest BCUT2D eigenvalue weighted by Gasteiger charge is 2.05. The van der Waals surface area contributed by atoms with Crippen LogP contribution in [0.4, 0.5) is 10.9 Å². The summed E-state index contributed by atoms with van der Waals surface area (Å²) >= 11 is 1.67. The first-order valence-corrected chi connectivity index (χ1v) is 7.72. The van der Waals surface area contributed by atoms with Gasteiger partial charge in [-0.2, -0.15) is 0 Å². The van der Waals surface area contributed by atoms with Crippen LogP contribution in [0.2, 0.25) is 0 Å². The quantitative estimate of drug-likeness (QED) is 0.770. The molecule has 106 valence electrons. The van der Waals surface area contributed by atoms with Gasteiger partial charge < -0.3 is 5.32 Å². The second-order valence-electron chi connectivity index (χ2n) is 5.02. The maximum atomic E-state index is 4.43. The summed E-state index contributed by atoms with van der Waals surface area (Å²) in [4.78, 5) is 10.1. The Kier molecular flexibility index (Phi) is 3.97. The van der Waals surface area contributed by atoms with Crippen LogP contribution in [0.3, 0.4) is 0 Å². The van der Waals surface area contributed by atoms with Gasteiger partial charge in [-0.1, -0.05) is 30.3 Å². The van der Waals surface area contributed by atoms with Crippen LogP contribution in [0.25, 0.3) is 0 Å². The van der Waals surface area contributed by atoms with Crippen LogP contribution in [-0.4, -0.2) is 9.97 Å². The maximum absolute atomic E-state index is 4.43. The largest absolute Gasteiger partial charge is 0.316 e. The molecule has 4 heteroatoms. The van der Waals surface area contributed by atoms with Crippen LogP contribution in [-0.2, 0) is 6.42 Å². The molecule has 0 aliphatic rings. The van der Waals surface area contributed by atoms with Crippen molar-refractivity contribution in [2.45, 2.75) is 20.3 Å². The smallest absolute Gasteiger partial charge is 0.188 e. The van der Waals surface area contributed by atoms with E-state index in [1.165, 1.54) is 16.0 Å². The van der Waals surface area contributed by atoms with Crippen molar-refractivity contribution in [1.29, 1.82) is 0 Å². The summed E-state index contributed by atoms with van der Waals surface area (Å²) in [6.45, 7) is 4.13. The van der Waals surface area contributed by atoms with Crippen molar-refractivity contribution in [1.82, 2.24) is 9.97 Å². The first kappa shape index (κ1) is 13.8. The van der Waals surface area contributed by atoms with E-state index >= 15 is 0 Å². The molecular weight excluding hydrogens is 278 g/mol. The number of aromatic nitrogens is 2. The molecule has 0 radical (unpaired) electrons. The van der Waals surface area contributed by atoms with Gasteiger partial charge in [0.25, 0.3) is 0 Å². The monoisotopic (exact) mass is 295 g/mol. The van der Waals surface area contributed by atoms with Gasteiger partial charge in [0.2, 0.25) is 0 Å². The third kappa shape index (κ3) is 3.47. The molecule has 1 N–H and O–H groups in total. The molecule has 0 unspecified atom stereocenters. The number of nitrogens with one attached hydrogen (secondary N) is 1. The normalized spacial score (nSPS) is 10.6. The summed E-state index contributed by atoms with van der Waals surface area (Å²) in [6.07, 6.45) is 2.86.